The van der Waals surface area contributed by atoms with Crippen molar-refractivity contribution in [1.29, 1.82) is 0 Å². The summed E-state index contributed by atoms with van der Waals surface area (Å²) in [7, 11) is -2.57. The zero-order valence-electron chi connectivity index (χ0n) is 9.56. The first-order valence-electron chi connectivity index (χ1n) is 4.96. The van der Waals surface area contributed by atoms with E-state index in [-0.39, 0.29) is 15.7 Å². The van der Waals surface area contributed by atoms with Crippen LogP contribution in [0.15, 0.2) is 33.9 Å². The highest BCUT2D eigenvalue weighted by Gasteiger charge is 2.23. The third kappa shape index (κ3) is 2.90. The maximum Gasteiger partial charge on any atom is 0.280 e. The minimum absolute atomic E-state index is 0.0347. The summed E-state index contributed by atoms with van der Waals surface area (Å²) in [4.78, 5) is 0. The summed E-state index contributed by atoms with van der Waals surface area (Å²) < 4.78 is 41.6. The lowest BCUT2D eigenvalue weighted by molar-refractivity contribution is 0.580. The van der Waals surface area contributed by atoms with E-state index in [1.165, 1.54) is 25.4 Å². The molecular formula is C10H8BrClFN3O2S. The highest BCUT2D eigenvalue weighted by Crippen LogP contribution is 2.25. The lowest BCUT2D eigenvalue weighted by Crippen LogP contribution is -2.17. The summed E-state index contributed by atoms with van der Waals surface area (Å²) in [5.74, 6) is -0.698. The van der Waals surface area contributed by atoms with Crippen molar-refractivity contribution < 1.29 is 12.8 Å². The van der Waals surface area contributed by atoms with E-state index in [9.17, 15) is 12.8 Å². The highest BCUT2D eigenvalue weighted by atomic mass is 79.9. The fourth-order valence-corrected chi connectivity index (χ4v) is 3.53. The second kappa shape index (κ2) is 5.10. The molecule has 0 saturated heterocycles. The van der Waals surface area contributed by atoms with E-state index in [0.29, 0.717) is 4.47 Å². The molecule has 19 heavy (non-hydrogen) atoms. The predicted molar refractivity (Wildman–Crippen MR) is 73.1 cm³/mol. The van der Waals surface area contributed by atoms with Crippen molar-refractivity contribution in [3.8, 4) is 0 Å². The molecule has 0 aliphatic rings. The van der Waals surface area contributed by atoms with Gasteiger partial charge in [-0.3, -0.25) is 9.40 Å². The molecular weight excluding hydrogens is 361 g/mol. The molecule has 0 amide bonds. The van der Waals surface area contributed by atoms with Crippen LogP contribution in [0.4, 0.5) is 10.1 Å². The molecule has 1 aromatic carbocycles. The molecule has 2 aromatic rings. The molecule has 0 atom stereocenters. The van der Waals surface area contributed by atoms with Gasteiger partial charge in [0.15, 0.2) is 5.03 Å². The Hall–Kier alpha value is -1.12. The van der Waals surface area contributed by atoms with E-state index in [4.69, 9.17) is 11.6 Å². The average Bonchev–Trinajstić information content (AvgIpc) is 2.63. The molecule has 1 N–H and O–H groups in total. The Kier molecular flexibility index (Phi) is 3.84. The van der Waals surface area contributed by atoms with Crippen LogP contribution in [0, 0.1) is 5.82 Å². The molecule has 0 radical (unpaired) electrons. The molecule has 0 aliphatic heterocycles. The highest BCUT2D eigenvalue weighted by molar-refractivity contribution is 9.10. The first kappa shape index (κ1) is 14.3. The normalized spacial score (nSPS) is 11.6. The van der Waals surface area contributed by atoms with Crippen LogP contribution in [-0.2, 0) is 17.1 Å². The molecule has 0 aliphatic carbocycles. The molecule has 102 valence electrons. The van der Waals surface area contributed by atoms with Gasteiger partial charge in [0.05, 0.1) is 16.9 Å². The Labute approximate surface area is 122 Å². The first-order valence-corrected chi connectivity index (χ1v) is 7.62. The lowest BCUT2D eigenvalue weighted by atomic mass is 10.3. The Bertz CT molecular complexity index is 713. The zero-order valence-corrected chi connectivity index (χ0v) is 12.7. The fourth-order valence-electron chi connectivity index (χ4n) is 1.47. The quantitative estimate of drug-likeness (QED) is 0.906. The Balaban J connectivity index is 2.42. The third-order valence-electron chi connectivity index (χ3n) is 2.27. The van der Waals surface area contributed by atoms with Crippen LogP contribution in [0.25, 0.3) is 0 Å². The minimum atomic E-state index is -4.00. The number of halogens is 3. The van der Waals surface area contributed by atoms with Crippen LogP contribution in [-0.4, -0.2) is 18.2 Å². The largest absolute Gasteiger partial charge is 0.280 e. The standard InChI is InChI=1S/C10H8BrClFN3O2S/c1-16-10(7(12)5-14-16)19(17,18)15-9-3-2-6(11)4-8(9)13/h2-5,15H,1H3. The van der Waals surface area contributed by atoms with Crippen LogP contribution in [0.5, 0.6) is 0 Å². The first-order chi connectivity index (χ1) is 8.81. The Morgan fingerprint density at radius 2 is 2.16 bits per heavy atom. The number of sulfonamides is 1. The molecule has 1 heterocycles. The van der Waals surface area contributed by atoms with Gasteiger partial charge >= 0.3 is 0 Å². The SMILES string of the molecule is Cn1ncc(Cl)c1S(=O)(=O)Nc1ccc(Br)cc1F. The van der Waals surface area contributed by atoms with E-state index in [1.807, 2.05) is 0 Å². The molecule has 2 rings (SSSR count). The van der Waals surface area contributed by atoms with Crippen molar-refractivity contribution >= 4 is 43.2 Å². The zero-order chi connectivity index (χ0) is 14.2. The summed E-state index contributed by atoms with van der Waals surface area (Å²) in [6, 6.07) is 3.98. The third-order valence-corrected chi connectivity index (χ3v) is 4.64. The monoisotopic (exact) mass is 367 g/mol. The van der Waals surface area contributed by atoms with Crippen molar-refractivity contribution in [2.24, 2.45) is 7.05 Å². The second-order valence-corrected chi connectivity index (χ2v) is 6.57. The van der Waals surface area contributed by atoms with Gasteiger partial charge in [-0.2, -0.15) is 13.5 Å². The van der Waals surface area contributed by atoms with Crippen molar-refractivity contribution in [2.75, 3.05) is 4.72 Å². The van der Waals surface area contributed by atoms with Crippen molar-refractivity contribution in [3.05, 3.63) is 39.7 Å². The van der Waals surface area contributed by atoms with Crippen LogP contribution >= 0.6 is 27.5 Å². The van der Waals surface area contributed by atoms with E-state index < -0.39 is 15.8 Å². The summed E-state index contributed by atoms with van der Waals surface area (Å²) in [6.45, 7) is 0. The minimum Gasteiger partial charge on any atom is -0.275 e. The van der Waals surface area contributed by atoms with Gasteiger partial charge in [0.25, 0.3) is 10.0 Å². The van der Waals surface area contributed by atoms with Gasteiger partial charge in [-0.25, -0.2) is 4.39 Å². The number of aromatic nitrogens is 2. The molecule has 1 aromatic heterocycles. The summed E-state index contributed by atoms with van der Waals surface area (Å²) in [6.07, 6.45) is 1.20. The molecule has 9 heteroatoms. The summed E-state index contributed by atoms with van der Waals surface area (Å²) in [5.41, 5.74) is -0.166. The maximum absolute atomic E-state index is 13.6. The van der Waals surface area contributed by atoms with Crippen molar-refractivity contribution in [3.63, 3.8) is 0 Å². The van der Waals surface area contributed by atoms with Gasteiger partial charge < -0.3 is 0 Å². The van der Waals surface area contributed by atoms with Crippen molar-refractivity contribution in [2.45, 2.75) is 5.03 Å². The number of nitrogens with zero attached hydrogens (tertiary/aromatic N) is 2. The fraction of sp³-hybridized carbons (Fsp3) is 0.100. The predicted octanol–water partition coefficient (Wildman–Crippen LogP) is 2.78. The van der Waals surface area contributed by atoms with Crippen LogP contribution < -0.4 is 4.72 Å². The van der Waals surface area contributed by atoms with E-state index in [1.54, 1.807) is 0 Å². The molecule has 0 unspecified atom stereocenters. The van der Waals surface area contributed by atoms with Gasteiger partial charge in [0.2, 0.25) is 0 Å². The van der Waals surface area contributed by atoms with Crippen LogP contribution in [0.2, 0.25) is 5.02 Å². The molecule has 0 fully saturated rings. The van der Waals surface area contributed by atoms with Gasteiger partial charge in [-0.15, -0.1) is 0 Å². The van der Waals surface area contributed by atoms with E-state index in [0.717, 1.165) is 10.7 Å². The molecule has 0 spiro atoms. The Morgan fingerprint density at radius 3 is 2.68 bits per heavy atom. The summed E-state index contributed by atoms with van der Waals surface area (Å²) in [5, 5.41) is 3.46. The van der Waals surface area contributed by atoms with Gasteiger partial charge in [0, 0.05) is 11.5 Å². The Morgan fingerprint density at radius 1 is 1.47 bits per heavy atom. The lowest BCUT2D eigenvalue weighted by Gasteiger charge is -2.09. The van der Waals surface area contributed by atoms with Gasteiger partial charge in [0.1, 0.15) is 5.82 Å². The number of benzene rings is 1. The molecule has 0 saturated carbocycles. The second-order valence-electron chi connectivity index (χ2n) is 3.65. The maximum atomic E-state index is 13.6. The van der Waals surface area contributed by atoms with E-state index in [2.05, 4.69) is 25.8 Å². The smallest absolute Gasteiger partial charge is 0.275 e. The van der Waals surface area contributed by atoms with Crippen LogP contribution in [0.3, 0.4) is 0 Å². The number of hydrogen-bond donors (Lipinski definition) is 1. The van der Waals surface area contributed by atoms with E-state index >= 15 is 0 Å². The van der Waals surface area contributed by atoms with Gasteiger partial charge in [-0.05, 0) is 18.2 Å². The van der Waals surface area contributed by atoms with Crippen LogP contribution in [0.1, 0.15) is 0 Å². The number of rotatable bonds is 3. The topological polar surface area (TPSA) is 64.0 Å². The van der Waals surface area contributed by atoms with Crippen molar-refractivity contribution in [1.82, 2.24) is 9.78 Å². The molecule has 0 bridgehead atoms. The number of anilines is 1. The number of aryl methyl sites for hydroxylation is 1. The molecule has 5 nitrogen and oxygen atoms in total. The number of nitrogens with one attached hydrogen (secondary N) is 1. The average molecular weight is 369 g/mol. The number of hydrogen-bond acceptors (Lipinski definition) is 3. The summed E-state index contributed by atoms with van der Waals surface area (Å²) >= 11 is 8.84. The van der Waals surface area contributed by atoms with Gasteiger partial charge in [-0.1, -0.05) is 27.5 Å².